The Bertz CT molecular complexity index is 968. The van der Waals surface area contributed by atoms with Crippen molar-refractivity contribution in [2.45, 2.75) is 0 Å². The van der Waals surface area contributed by atoms with Crippen molar-refractivity contribution < 1.29 is 5.11 Å². The van der Waals surface area contributed by atoms with Gasteiger partial charge in [-0.2, -0.15) is 5.10 Å². The highest BCUT2D eigenvalue weighted by molar-refractivity contribution is 6.02. The lowest BCUT2D eigenvalue weighted by Crippen LogP contribution is -1.92. The standard InChI is InChI=1S/C17H13N5O/c23-17-15(14-3-1-2-4-16(14)21-17)9-19-12-5-7-13(8-6-12)22-11-18-10-20-22/h1-11,21,23H. The summed E-state index contributed by atoms with van der Waals surface area (Å²) >= 11 is 0. The molecule has 4 aromatic rings. The molecule has 2 N–H and O–H groups in total. The number of H-pyrrole nitrogens is 1. The number of para-hydroxylation sites is 1. The number of hydrogen-bond donors (Lipinski definition) is 2. The zero-order valence-electron chi connectivity index (χ0n) is 12.1. The van der Waals surface area contributed by atoms with E-state index >= 15 is 0 Å². The molecular weight excluding hydrogens is 290 g/mol. The van der Waals surface area contributed by atoms with Crippen LogP contribution in [0.15, 0.2) is 66.2 Å². The van der Waals surface area contributed by atoms with Crippen LogP contribution in [-0.2, 0) is 0 Å². The van der Waals surface area contributed by atoms with Gasteiger partial charge in [-0.25, -0.2) is 9.67 Å². The molecule has 0 radical (unpaired) electrons. The molecule has 6 nitrogen and oxygen atoms in total. The average Bonchev–Trinajstić information content (AvgIpc) is 3.21. The maximum absolute atomic E-state index is 10.0. The van der Waals surface area contributed by atoms with Crippen LogP contribution in [0.5, 0.6) is 5.88 Å². The van der Waals surface area contributed by atoms with E-state index in [1.54, 1.807) is 17.2 Å². The van der Waals surface area contributed by atoms with Gasteiger partial charge in [0, 0.05) is 17.1 Å². The van der Waals surface area contributed by atoms with Crippen molar-refractivity contribution in [3.05, 3.63) is 66.7 Å². The molecule has 0 atom stereocenters. The fraction of sp³-hybridized carbons (Fsp3) is 0. The average molecular weight is 303 g/mol. The van der Waals surface area contributed by atoms with Crippen LogP contribution in [0.4, 0.5) is 5.69 Å². The Labute approximate surface area is 131 Å². The van der Waals surface area contributed by atoms with Crippen LogP contribution in [0.25, 0.3) is 16.6 Å². The van der Waals surface area contributed by atoms with Crippen LogP contribution in [0, 0.1) is 0 Å². The summed E-state index contributed by atoms with van der Waals surface area (Å²) in [6, 6.07) is 15.3. The lowest BCUT2D eigenvalue weighted by atomic mass is 10.2. The predicted octanol–water partition coefficient (Wildman–Crippen LogP) is 3.20. The maximum atomic E-state index is 10.0. The second kappa shape index (κ2) is 5.42. The number of aromatic amines is 1. The topological polar surface area (TPSA) is 79.1 Å². The summed E-state index contributed by atoms with van der Waals surface area (Å²) in [7, 11) is 0. The van der Waals surface area contributed by atoms with Gasteiger partial charge < -0.3 is 10.1 Å². The summed E-state index contributed by atoms with van der Waals surface area (Å²) in [6.07, 6.45) is 4.80. The quantitative estimate of drug-likeness (QED) is 0.570. The molecule has 0 fully saturated rings. The predicted molar refractivity (Wildman–Crippen MR) is 88.6 cm³/mol. The Morgan fingerprint density at radius 1 is 1.09 bits per heavy atom. The fourth-order valence-corrected chi connectivity index (χ4v) is 2.45. The first-order valence-corrected chi connectivity index (χ1v) is 7.10. The largest absolute Gasteiger partial charge is 0.494 e. The molecule has 0 aliphatic carbocycles. The molecule has 23 heavy (non-hydrogen) atoms. The molecule has 0 aliphatic heterocycles. The van der Waals surface area contributed by atoms with Crippen LogP contribution >= 0.6 is 0 Å². The SMILES string of the molecule is Oc1[nH]c2ccccc2c1C=Nc1ccc(-n2cncn2)cc1. The number of aromatic nitrogens is 4. The minimum atomic E-state index is 0.120. The Hall–Kier alpha value is -3.41. The second-order valence-electron chi connectivity index (χ2n) is 5.05. The van der Waals surface area contributed by atoms with Gasteiger partial charge in [-0.1, -0.05) is 18.2 Å². The molecule has 6 heteroatoms. The lowest BCUT2D eigenvalue weighted by molar-refractivity contribution is 0.457. The Morgan fingerprint density at radius 2 is 1.91 bits per heavy atom. The van der Waals surface area contributed by atoms with Crippen LogP contribution in [0.2, 0.25) is 0 Å². The van der Waals surface area contributed by atoms with Crippen LogP contribution < -0.4 is 0 Å². The van der Waals surface area contributed by atoms with Gasteiger partial charge in [-0.3, -0.25) is 4.99 Å². The van der Waals surface area contributed by atoms with Crippen LogP contribution in [0.3, 0.4) is 0 Å². The molecule has 0 saturated carbocycles. The number of hydrogen-bond acceptors (Lipinski definition) is 4. The Kier molecular flexibility index (Phi) is 3.12. The van der Waals surface area contributed by atoms with Crippen molar-refractivity contribution in [2.75, 3.05) is 0 Å². The molecule has 0 saturated heterocycles. The third kappa shape index (κ3) is 2.46. The molecule has 0 amide bonds. The highest BCUT2D eigenvalue weighted by Crippen LogP contribution is 2.26. The van der Waals surface area contributed by atoms with E-state index in [2.05, 4.69) is 20.1 Å². The highest BCUT2D eigenvalue weighted by atomic mass is 16.3. The zero-order valence-corrected chi connectivity index (χ0v) is 12.1. The van der Waals surface area contributed by atoms with E-state index in [9.17, 15) is 5.11 Å². The van der Waals surface area contributed by atoms with Gasteiger partial charge in [-0.05, 0) is 30.3 Å². The summed E-state index contributed by atoms with van der Waals surface area (Å²) in [5.41, 5.74) is 3.27. The second-order valence-corrected chi connectivity index (χ2v) is 5.05. The molecule has 112 valence electrons. The summed E-state index contributed by atoms with van der Waals surface area (Å²) < 4.78 is 1.68. The molecule has 2 aromatic carbocycles. The molecule has 0 bridgehead atoms. The van der Waals surface area contributed by atoms with Crippen LogP contribution in [0.1, 0.15) is 5.56 Å². The van der Waals surface area contributed by atoms with Crippen molar-refractivity contribution in [1.82, 2.24) is 19.7 Å². The number of nitrogens with zero attached hydrogens (tertiary/aromatic N) is 4. The van der Waals surface area contributed by atoms with Crippen LogP contribution in [-0.4, -0.2) is 31.1 Å². The lowest BCUT2D eigenvalue weighted by Gasteiger charge is -2.00. The van der Waals surface area contributed by atoms with E-state index in [0.29, 0.717) is 5.56 Å². The number of fused-ring (bicyclic) bond motifs is 1. The van der Waals surface area contributed by atoms with Crippen molar-refractivity contribution in [3.63, 3.8) is 0 Å². The zero-order chi connectivity index (χ0) is 15.6. The summed E-state index contributed by atoms with van der Waals surface area (Å²) in [6.45, 7) is 0. The number of benzene rings is 2. The van der Waals surface area contributed by atoms with Crippen molar-refractivity contribution >= 4 is 22.8 Å². The molecule has 4 rings (SSSR count). The van der Waals surface area contributed by atoms with Gasteiger partial charge in [0.1, 0.15) is 12.7 Å². The molecular formula is C17H13N5O. The first-order valence-electron chi connectivity index (χ1n) is 7.10. The molecule has 2 aromatic heterocycles. The number of nitrogens with one attached hydrogen (secondary N) is 1. The van der Waals surface area contributed by atoms with Crippen molar-refractivity contribution in [1.29, 1.82) is 0 Å². The minimum absolute atomic E-state index is 0.120. The Morgan fingerprint density at radius 3 is 2.70 bits per heavy atom. The summed E-state index contributed by atoms with van der Waals surface area (Å²) in [5.74, 6) is 0.120. The molecule has 0 spiro atoms. The highest BCUT2D eigenvalue weighted by Gasteiger charge is 2.07. The molecule has 0 unspecified atom stereocenters. The molecule has 0 aliphatic rings. The third-order valence-electron chi connectivity index (χ3n) is 3.60. The van der Waals surface area contributed by atoms with E-state index in [0.717, 1.165) is 22.3 Å². The maximum Gasteiger partial charge on any atom is 0.198 e. The first-order chi connectivity index (χ1) is 11.3. The van der Waals surface area contributed by atoms with Gasteiger partial charge in [0.2, 0.25) is 0 Å². The van der Waals surface area contributed by atoms with Crippen molar-refractivity contribution in [2.24, 2.45) is 4.99 Å². The van der Waals surface area contributed by atoms with Gasteiger partial charge in [0.05, 0.1) is 16.9 Å². The van der Waals surface area contributed by atoms with Gasteiger partial charge in [-0.15, -0.1) is 0 Å². The number of aliphatic imine (C=N–C) groups is 1. The fourth-order valence-electron chi connectivity index (χ4n) is 2.45. The van der Waals surface area contributed by atoms with Gasteiger partial charge in [0.15, 0.2) is 5.88 Å². The normalized spacial score (nSPS) is 11.5. The monoisotopic (exact) mass is 303 g/mol. The number of aromatic hydroxyl groups is 1. The van der Waals surface area contributed by atoms with E-state index in [1.807, 2.05) is 48.5 Å². The van der Waals surface area contributed by atoms with Crippen molar-refractivity contribution in [3.8, 4) is 11.6 Å². The van der Waals surface area contributed by atoms with Gasteiger partial charge >= 0.3 is 0 Å². The molecule has 2 heterocycles. The minimum Gasteiger partial charge on any atom is -0.494 e. The van der Waals surface area contributed by atoms with E-state index < -0.39 is 0 Å². The first kappa shape index (κ1) is 13.3. The van der Waals surface area contributed by atoms with Gasteiger partial charge in [0.25, 0.3) is 0 Å². The summed E-state index contributed by atoms with van der Waals surface area (Å²) in [5, 5.41) is 15.0. The summed E-state index contributed by atoms with van der Waals surface area (Å²) in [4.78, 5) is 11.3. The van der Waals surface area contributed by atoms with E-state index in [4.69, 9.17) is 0 Å². The number of rotatable bonds is 3. The Balaban J connectivity index is 1.64. The van der Waals surface area contributed by atoms with E-state index in [-0.39, 0.29) is 5.88 Å². The smallest absolute Gasteiger partial charge is 0.198 e. The van der Waals surface area contributed by atoms with E-state index in [1.165, 1.54) is 6.33 Å². The third-order valence-corrected chi connectivity index (χ3v) is 3.60.